The maximum absolute atomic E-state index is 5.85. The van der Waals surface area contributed by atoms with E-state index in [1.807, 2.05) is 24.3 Å². The lowest BCUT2D eigenvalue weighted by molar-refractivity contribution is 0.777. The summed E-state index contributed by atoms with van der Waals surface area (Å²) in [5.74, 6) is 0. The topological polar surface area (TPSA) is 37.0 Å². The highest BCUT2D eigenvalue weighted by Crippen LogP contribution is 2.10. The van der Waals surface area contributed by atoms with Crippen LogP contribution in [0.3, 0.4) is 0 Å². The van der Waals surface area contributed by atoms with Crippen molar-refractivity contribution in [1.29, 1.82) is 0 Å². The van der Waals surface area contributed by atoms with Crippen LogP contribution >= 0.6 is 23.8 Å². The molecule has 0 aliphatic carbocycles. The van der Waals surface area contributed by atoms with E-state index >= 15 is 0 Å². The van der Waals surface area contributed by atoms with Crippen molar-refractivity contribution in [2.75, 3.05) is 11.9 Å². The Morgan fingerprint density at radius 1 is 1.20 bits per heavy atom. The SMILES string of the molecule is S=C(NCCCc1ccc(Cl)cc1)Nc1cccnc1. The first-order valence-corrected chi connectivity index (χ1v) is 7.22. The molecule has 0 bridgehead atoms. The number of anilines is 1. The van der Waals surface area contributed by atoms with Crippen molar-refractivity contribution in [2.45, 2.75) is 12.8 Å². The molecule has 0 spiro atoms. The molecule has 1 heterocycles. The predicted molar refractivity (Wildman–Crippen MR) is 88.2 cm³/mol. The lowest BCUT2D eigenvalue weighted by Gasteiger charge is -2.10. The number of nitrogens with one attached hydrogen (secondary N) is 2. The lowest BCUT2D eigenvalue weighted by atomic mass is 10.1. The van der Waals surface area contributed by atoms with Crippen LogP contribution in [-0.4, -0.2) is 16.6 Å². The van der Waals surface area contributed by atoms with Gasteiger partial charge < -0.3 is 10.6 Å². The van der Waals surface area contributed by atoms with Gasteiger partial charge in [-0.05, 0) is 54.9 Å². The molecule has 3 nitrogen and oxygen atoms in total. The summed E-state index contributed by atoms with van der Waals surface area (Å²) in [5.41, 5.74) is 2.17. The average molecular weight is 306 g/mol. The van der Waals surface area contributed by atoms with E-state index < -0.39 is 0 Å². The summed E-state index contributed by atoms with van der Waals surface area (Å²) in [6, 6.07) is 11.7. The zero-order valence-electron chi connectivity index (χ0n) is 11.0. The number of rotatable bonds is 5. The molecule has 5 heteroatoms. The molecule has 2 rings (SSSR count). The van der Waals surface area contributed by atoms with E-state index in [4.69, 9.17) is 23.8 Å². The Kier molecular flexibility index (Phi) is 5.77. The summed E-state index contributed by atoms with van der Waals surface area (Å²) in [5, 5.41) is 7.66. The van der Waals surface area contributed by atoms with Gasteiger partial charge in [0, 0.05) is 17.8 Å². The Morgan fingerprint density at radius 2 is 2.00 bits per heavy atom. The summed E-state index contributed by atoms with van der Waals surface area (Å²) < 4.78 is 0. The Bertz CT molecular complexity index is 543. The molecular weight excluding hydrogens is 290 g/mol. The van der Waals surface area contributed by atoms with Crippen molar-refractivity contribution in [1.82, 2.24) is 10.3 Å². The van der Waals surface area contributed by atoms with Gasteiger partial charge in [-0.3, -0.25) is 4.98 Å². The zero-order valence-corrected chi connectivity index (χ0v) is 12.5. The molecular formula is C15H16ClN3S. The van der Waals surface area contributed by atoms with Crippen LogP contribution in [0.15, 0.2) is 48.8 Å². The van der Waals surface area contributed by atoms with E-state index in [-0.39, 0.29) is 0 Å². The molecule has 20 heavy (non-hydrogen) atoms. The minimum Gasteiger partial charge on any atom is -0.362 e. The second kappa shape index (κ2) is 7.82. The van der Waals surface area contributed by atoms with Gasteiger partial charge >= 0.3 is 0 Å². The van der Waals surface area contributed by atoms with Crippen molar-refractivity contribution in [3.8, 4) is 0 Å². The Hall–Kier alpha value is -1.65. The number of halogens is 1. The highest BCUT2D eigenvalue weighted by Gasteiger charge is 1.97. The molecule has 1 aromatic heterocycles. The van der Waals surface area contributed by atoms with Gasteiger partial charge in [-0.1, -0.05) is 23.7 Å². The van der Waals surface area contributed by atoms with Crippen molar-refractivity contribution in [2.24, 2.45) is 0 Å². The van der Waals surface area contributed by atoms with E-state index in [0.717, 1.165) is 30.1 Å². The Balaban J connectivity index is 1.66. The summed E-state index contributed by atoms with van der Waals surface area (Å²) in [4.78, 5) is 4.02. The fourth-order valence-corrected chi connectivity index (χ4v) is 2.10. The molecule has 2 aromatic rings. The maximum Gasteiger partial charge on any atom is 0.170 e. The van der Waals surface area contributed by atoms with Crippen LogP contribution < -0.4 is 10.6 Å². The van der Waals surface area contributed by atoms with Crippen LogP contribution in [0.5, 0.6) is 0 Å². The van der Waals surface area contributed by atoms with Gasteiger partial charge in [0.15, 0.2) is 5.11 Å². The fraction of sp³-hybridized carbons (Fsp3) is 0.200. The first-order chi connectivity index (χ1) is 9.74. The van der Waals surface area contributed by atoms with E-state index in [9.17, 15) is 0 Å². The average Bonchev–Trinajstić information content (AvgIpc) is 2.46. The Labute approximate surface area is 129 Å². The van der Waals surface area contributed by atoms with Gasteiger partial charge in [0.05, 0.1) is 11.9 Å². The Morgan fingerprint density at radius 3 is 2.70 bits per heavy atom. The van der Waals surface area contributed by atoms with E-state index in [2.05, 4.69) is 27.8 Å². The molecule has 0 amide bonds. The number of benzene rings is 1. The first-order valence-electron chi connectivity index (χ1n) is 6.43. The van der Waals surface area contributed by atoms with Crippen LogP contribution in [0, 0.1) is 0 Å². The smallest absolute Gasteiger partial charge is 0.170 e. The molecule has 1 aromatic carbocycles. The van der Waals surface area contributed by atoms with E-state index in [1.165, 1.54) is 5.56 Å². The molecule has 0 fully saturated rings. The third-order valence-electron chi connectivity index (χ3n) is 2.76. The van der Waals surface area contributed by atoms with Crippen LogP contribution in [0.4, 0.5) is 5.69 Å². The summed E-state index contributed by atoms with van der Waals surface area (Å²) >= 11 is 11.1. The third kappa shape index (κ3) is 5.15. The van der Waals surface area contributed by atoms with Gasteiger partial charge in [-0.25, -0.2) is 0 Å². The van der Waals surface area contributed by atoms with Gasteiger partial charge in [0.1, 0.15) is 0 Å². The fourth-order valence-electron chi connectivity index (χ4n) is 1.76. The zero-order chi connectivity index (χ0) is 14.2. The van der Waals surface area contributed by atoms with Gasteiger partial charge in [-0.15, -0.1) is 0 Å². The molecule has 104 valence electrons. The second-order valence-electron chi connectivity index (χ2n) is 4.35. The van der Waals surface area contributed by atoms with Crippen molar-refractivity contribution in [3.63, 3.8) is 0 Å². The van der Waals surface area contributed by atoms with Crippen LogP contribution in [0.1, 0.15) is 12.0 Å². The molecule has 0 aliphatic heterocycles. The number of hydrogen-bond acceptors (Lipinski definition) is 2. The van der Waals surface area contributed by atoms with E-state index in [0.29, 0.717) is 5.11 Å². The van der Waals surface area contributed by atoms with Crippen molar-refractivity contribution in [3.05, 3.63) is 59.4 Å². The highest BCUT2D eigenvalue weighted by molar-refractivity contribution is 7.80. The number of aromatic nitrogens is 1. The quantitative estimate of drug-likeness (QED) is 0.653. The van der Waals surface area contributed by atoms with Crippen molar-refractivity contribution >= 4 is 34.6 Å². The number of aryl methyl sites for hydroxylation is 1. The van der Waals surface area contributed by atoms with Gasteiger partial charge in [0.2, 0.25) is 0 Å². The van der Waals surface area contributed by atoms with Gasteiger partial charge in [0.25, 0.3) is 0 Å². The number of nitrogens with zero attached hydrogens (tertiary/aromatic N) is 1. The number of pyridine rings is 1. The standard InChI is InChI=1S/C15H16ClN3S/c16-13-7-5-12(6-8-13)3-1-10-18-15(20)19-14-4-2-9-17-11-14/h2,4-9,11H,1,3,10H2,(H2,18,19,20). The molecule has 0 atom stereocenters. The maximum atomic E-state index is 5.85. The normalized spacial score (nSPS) is 10.1. The molecule has 0 saturated heterocycles. The second-order valence-corrected chi connectivity index (χ2v) is 5.20. The minimum absolute atomic E-state index is 0.620. The largest absolute Gasteiger partial charge is 0.362 e. The summed E-state index contributed by atoms with van der Waals surface area (Å²) in [7, 11) is 0. The molecule has 2 N–H and O–H groups in total. The molecule has 0 saturated carbocycles. The number of thiocarbonyl (C=S) groups is 1. The summed E-state index contributed by atoms with van der Waals surface area (Å²) in [6.45, 7) is 0.828. The highest BCUT2D eigenvalue weighted by atomic mass is 35.5. The monoisotopic (exact) mass is 305 g/mol. The first kappa shape index (κ1) is 14.8. The van der Waals surface area contributed by atoms with Crippen LogP contribution in [0.2, 0.25) is 5.02 Å². The number of hydrogen-bond donors (Lipinski definition) is 2. The van der Waals surface area contributed by atoms with Crippen molar-refractivity contribution < 1.29 is 0 Å². The van der Waals surface area contributed by atoms with Gasteiger partial charge in [-0.2, -0.15) is 0 Å². The molecule has 0 aliphatic rings. The minimum atomic E-state index is 0.620. The molecule has 0 radical (unpaired) electrons. The predicted octanol–water partition coefficient (Wildman–Crippen LogP) is 3.65. The molecule has 0 unspecified atom stereocenters. The summed E-state index contributed by atoms with van der Waals surface area (Å²) in [6.07, 6.45) is 5.48. The lowest BCUT2D eigenvalue weighted by Crippen LogP contribution is -2.29. The third-order valence-corrected chi connectivity index (χ3v) is 3.26. The van der Waals surface area contributed by atoms with E-state index in [1.54, 1.807) is 12.4 Å². The van der Waals surface area contributed by atoms with Crippen LogP contribution in [0.25, 0.3) is 0 Å². The van der Waals surface area contributed by atoms with Crippen LogP contribution in [-0.2, 0) is 6.42 Å².